The molecule has 0 bridgehead atoms. The number of halogens is 1. The van der Waals surface area contributed by atoms with Crippen molar-refractivity contribution in [3.8, 4) is 0 Å². The quantitative estimate of drug-likeness (QED) is 0.852. The molecule has 1 aromatic heterocycles. The standard InChI is InChI=1S/C18H20FN3O3/c19-14-5-3-12(4-6-14)10-16-20-17(25-21-16)15-2-1-8-22(15)18(23)13-7-9-24-11-13/h3-6,13,15H,1-2,7-11H2/t13-,15-/m1/s1. The number of rotatable bonds is 4. The molecule has 6 nitrogen and oxygen atoms in total. The summed E-state index contributed by atoms with van der Waals surface area (Å²) in [6, 6.07) is 6.09. The molecule has 2 aliphatic rings. The number of likely N-dealkylation sites (tertiary alicyclic amines) is 1. The summed E-state index contributed by atoms with van der Waals surface area (Å²) in [6.45, 7) is 1.87. The molecule has 4 rings (SSSR count). The fourth-order valence-electron chi connectivity index (χ4n) is 3.51. The van der Waals surface area contributed by atoms with E-state index in [1.54, 1.807) is 12.1 Å². The lowest BCUT2D eigenvalue weighted by Gasteiger charge is -2.24. The number of ether oxygens (including phenoxy) is 1. The summed E-state index contributed by atoms with van der Waals surface area (Å²) in [4.78, 5) is 19.0. The van der Waals surface area contributed by atoms with Gasteiger partial charge >= 0.3 is 0 Å². The molecule has 7 heteroatoms. The van der Waals surface area contributed by atoms with Gasteiger partial charge in [-0.2, -0.15) is 4.98 Å². The first kappa shape index (κ1) is 16.2. The van der Waals surface area contributed by atoms with E-state index in [1.165, 1.54) is 12.1 Å². The van der Waals surface area contributed by atoms with E-state index in [2.05, 4.69) is 10.1 Å². The van der Waals surface area contributed by atoms with Gasteiger partial charge in [-0.05, 0) is 37.0 Å². The van der Waals surface area contributed by atoms with E-state index in [-0.39, 0.29) is 23.7 Å². The molecule has 0 N–H and O–H groups in total. The number of hydrogen-bond donors (Lipinski definition) is 0. The van der Waals surface area contributed by atoms with E-state index >= 15 is 0 Å². The number of carbonyl (C=O) groups excluding carboxylic acids is 1. The number of hydrogen-bond acceptors (Lipinski definition) is 5. The number of amides is 1. The van der Waals surface area contributed by atoms with Crippen LogP contribution in [0.5, 0.6) is 0 Å². The number of aromatic nitrogens is 2. The largest absolute Gasteiger partial charge is 0.381 e. The average molecular weight is 345 g/mol. The molecule has 1 aromatic carbocycles. The minimum absolute atomic E-state index is 0.0535. The third-order valence-corrected chi connectivity index (χ3v) is 4.86. The zero-order valence-corrected chi connectivity index (χ0v) is 13.9. The third kappa shape index (κ3) is 3.42. The van der Waals surface area contributed by atoms with Gasteiger partial charge in [0.1, 0.15) is 11.9 Å². The maximum atomic E-state index is 13.0. The van der Waals surface area contributed by atoms with Gasteiger partial charge in [0.25, 0.3) is 0 Å². The summed E-state index contributed by atoms with van der Waals surface area (Å²) in [5.74, 6) is 0.834. The van der Waals surface area contributed by atoms with Crippen molar-refractivity contribution in [2.45, 2.75) is 31.7 Å². The summed E-state index contributed by atoms with van der Waals surface area (Å²) in [5.41, 5.74) is 0.913. The molecular weight excluding hydrogens is 325 g/mol. The average Bonchev–Trinajstić information content (AvgIpc) is 3.37. The number of nitrogens with zero attached hydrogens (tertiary/aromatic N) is 3. The van der Waals surface area contributed by atoms with Crippen molar-refractivity contribution in [3.63, 3.8) is 0 Å². The molecule has 2 atom stereocenters. The Kier molecular flexibility index (Phi) is 4.48. The van der Waals surface area contributed by atoms with Gasteiger partial charge < -0.3 is 14.2 Å². The molecule has 132 valence electrons. The number of carbonyl (C=O) groups is 1. The SMILES string of the molecule is O=C([C@@H]1CCOC1)N1CCC[C@@H]1c1nc(Cc2ccc(F)cc2)no1. The summed E-state index contributed by atoms with van der Waals surface area (Å²) in [7, 11) is 0. The molecule has 2 aromatic rings. The highest BCUT2D eigenvalue weighted by Crippen LogP contribution is 2.33. The van der Waals surface area contributed by atoms with E-state index in [9.17, 15) is 9.18 Å². The Hall–Kier alpha value is -2.28. The van der Waals surface area contributed by atoms with Gasteiger partial charge in [-0.25, -0.2) is 4.39 Å². The highest BCUT2D eigenvalue weighted by Gasteiger charge is 2.38. The molecule has 0 radical (unpaired) electrons. The highest BCUT2D eigenvalue weighted by molar-refractivity contribution is 5.79. The normalized spacial score (nSPS) is 23.3. The lowest BCUT2D eigenvalue weighted by molar-refractivity contribution is -0.136. The maximum Gasteiger partial charge on any atom is 0.249 e. The highest BCUT2D eigenvalue weighted by atomic mass is 19.1. The lowest BCUT2D eigenvalue weighted by atomic mass is 10.1. The topological polar surface area (TPSA) is 68.5 Å². The van der Waals surface area contributed by atoms with Gasteiger partial charge in [-0.1, -0.05) is 17.3 Å². The van der Waals surface area contributed by atoms with Gasteiger partial charge in [0.05, 0.1) is 12.5 Å². The van der Waals surface area contributed by atoms with Crippen molar-refractivity contribution in [3.05, 3.63) is 47.4 Å². The Morgan fingerprint density at radius 3 is 2.88 bits per heavy atom. The Morgan fingerprint density at radius 1 is 1.28 bits per heavy atom. The monoisotopic (exact) mass is 345 g/mol. The predicted octanol–water partition coefficient (Wildman–Crippen LogP) is 2.50. The molecule has 2 saturated heterocycles. The van der Waals surface area contributed by atoms with Crippen LogP contribution >= 0.6 is 0 Å². The van der Waals surface area contributed by atoms with Crippen LogP contribution in [0, 0.1) is 11.7 Å². The van der Waals surface area contributed by atoms with Crippen LogP contribution in [0.2, 0.25) is 0 Å². The van der Waals surface area contributed by atoms with E-state index in [0.717, 1.165) is 31.4 Å². The van der Waals surface area contributed by atoms with Crippen molar-refractivity contribution in [2.24, 2.45) is 5.92 Å². The van der Waals surface area contributed by atoms with Gasteiger partial charge in [-0.3, -0.25) is 4.79 Å². The van der Waals surface area contributed by atoms with Crippen LogP contribution in [-0.4, -0.2) is 40.7 Å². The zero-order chi connectivity index (χ0) is 17.2. The van der Waals surface area contributed by atoms with Crippen LogP contribution < -0.4 is 0 Å². The smallest absolute Gasteiger partial charge is 0.249 e. The minimum Gasteiger partial charge on any atom is -0.381 e. The van der Waals surface area contributed by atoms with E-state index in [4.69, 9.17) is 9.26 Å². The molecule has 2 aliphatic heterocycles. The summed E-state index contributed by atoms with van der Waals surface area (Å²) in [5, 5.41) is 4.03. The second kappa shape index (κ2) is 6.92. The fraction of sp³-hybridized carbons (Fsp3) is 0.500. The van der Waals surface area contributed by atoms with E-state index < -0.39 is 0 Å². The molecule has 2 fully saturated rings. The van der Waals surface area contributed by atoms with Crippen LogP contribution in [-0.2, 0) is 16.0 Å². The molecule has 1 amide bonds. The summed E-state index contributed by atoms with van der Waals surface area (Å²) in [6.07, 6.45) is 3.01. The Labute approximate surface area is 145 Å². The summed E-state index contributed by atoms with van der Waals surface area (Å²) < 4.78 is 23.7. The minimum atomic E-state index is -0.270. The predicted molar refractivity (Wildman–Crippen MR) is 86.1 cm³/mol. The molecule has 3 heterocycles. The second-order valence-electron chi connectivity index (χ2n) is 6.60. The van der Waals surface area contributed by atoms with Crippen LogP contribution in [0.25, 0.3) is 0 Å². The Balaban J connectivity index is 1.46. The van der Waals surface area contributed by atoms with Crippen molar-refractivity contribution >= 4 is 5.91 Å². The van der Waals surface area contributed by atoms with Crippen LogP contribution in [0.1, 0.15) is 42.6 Å². The van der Waals surface area contributed by atoms with Crippen LogP contribution in [0.15, 0.2) is 28.8 Å². The lowest BCUT2D eigenvalue weighted by Crippen LogP contribution is -2.36. The Morgan fingerprint density at radius 2 is 2.12 bits per heavy atom. The van der Waals surface area contributed by atoms with Gasteiger partial charge in [-0.15, -0.1) is 0 Å². The molecule has 0 aliphatic carbocycles. The van der Waals surface area contributed by atoms with E-state index in [1.807, 2.05) is 4.90 Å². The van der Waals surface area contributed by atoms with Gasteiger partial charge in [0.15, 0.2) is 5.82 Å². The number of benzene rings is 1. The zero-order valence-electron chi connectivity index (χ0n) is 13.9. The molecular formula is C18H20FN3O3. The summed E-state index contributed by atoms with van der Waals surface area (Å²) >= 11 is 0. The van der Waals surface area contributed by atoms with Gasteiger partial charge in [0.2, 0.25) is 11.8 Å². The Bertz CT molecular complexity index is 740. The fourth-order valence-corrected chi connectivity index (χ4v) is 3.51. The van der Waals surface area contributed by atoms with Gasteiger partial charge in [0, 0.05) is 19.6 Å². The van der Waals surface area contributed by atoms with Crippen molar-refractivity contribution in [2.75, 3.05) is 19.8 Å². The van der Waals surface area contributed by atoms with Crippen molar-refractivity contribution < 1.29 is 18.4 Å². The van der Waals surface area contributed by atoms with Crippen molar-refractivity contribution in [1.82, 2.24) is 15.0 Å². The maximum absolute atomic E-state index is 13.0. The van der Waals surface area contributed by atoms with Crippen LogP contribution in [0.4, 0.5) is 4.39 Å². The van der Waals surface area contributed by atoms with E-state index in [0.29, 0.717) is 31.3 Å². The molecule has 0 spiro atoms. The molecule has 25 heavy (non-hydrogen) atoms. The first-order valence-corrected chi connectivity index (χ1v) is 8.66. The molecule has 0 unspecified atom stereocenters. The molecule has 0 saturated carbocycles. The van der Waals surface area contributed by atoms with Crippen molar-refractivity contribution in [1.29, 1.82) is 0 Å². The first-order valence-electron chi connectivity index (χ1n) is 8.66. The first-order chi connectivity index (χ1) is 12.2. The second-order valence-corrected chi connectivity index (χ2v) is 6.60. The van der Waals surface area contributed by atoms with Crippen LogP contribution in [0.3, 0.4) is 0 Å². The third-order valence-electron chi connectivity index (χ3n) is 4.86.